The molecule has 0 saturated heterocycles. The molecule has 0 radical (unpaired) electrons. The maximum absolute atomic E-state index is 6.28. The van der Waals surface area contributed by atoms with Gasteiger partial charge in [-0.05, 0) is 35.7 Å². The molecular formula is C14H12Br3N. The van der Waals surface area contributed by atoms with Crippen LogP contribution in [0.4, 0.5) is 0 Å². The first-order valence-corrected chi connectivity index (χ1v) is 7.90. The molecule has 0 saturated carbocycles. The zero-order valence-corrected chi connectivity index (χ0v) is 14.3. The van der Waals surface area contributed by atoms with Gasteiger partial charge >= 0.3 is 0 Å². The molecule has 0 aromatic heterocycles. The van der Waals surface area contributed by atoms with Crippen LogP contribution in [0.1, 0.15) is 17.2 Å². The molecule has 0 bridgehead atoms. The van der Waals surface area contributed by atoms with E-state index >= 15 is 0 Å². The van der Waals surface area contributed by atoms with Gasteiger partial charge in [0.1, 0.15) is 0 Å². The van der Waals surface area contributed by atoms with Crippen LogP contribution in [0.5, 0.6) is 0 Å². The first kappa shape index (κ1) is 14.3. The quantitative estimate of drug-likeness (QED) is 0.705. The molecule has 2 aromatic carbocycles. The third-order valence-electron chi connectivity index (χ3n) is 2.76. The molecule has 2 rings (SSSR count). The van der Waals surface area contributed by atoms with Crippen LogP contribution in [-0.2, 0) is 6.42 Å². The molecule has 1 unspecified atom stereocenters. The summed E-state index contributed by atoms with van der Waals surface area (Å²) in [6, 6.07) is 14.2. The monoisotopic (exact) mass is 431 g/mol. The molecule has 0 amide bonds. The standard InChI is InChI=1S/C14H12Br3N/c15-10-5-6-11(13(17)8-10)14(18)7-9-3-1-2-4-12(9)16/h1-6,8,14H,7,18H2. The summed E-state index contributed by atoms with van der Waals surface area (Å²) in [6.07, 6.45) is 0.807. The summed E-state index contributed by atoms with van der Waals surface area (Å²) in [5.74, 6) is 0. The lowest BCUT2D eigenvalue weighted by molar-refractivity contribution is 0.716. The van der Waals surface area contributed by atoms with E-state index in [9.17, 15) is 0 Å². The van der Waals surface area contributed by atoms with Crippen LogP contribution in [0, 0.1) is 0 Å². The van der Waals surface area contributed by atoms with Crippen molar-refractivity contribution in [2.24, 2.45) is 5.73 Å². The van der Waals surface area contributed by atoms with Gasteiger partial charge in [-0.3, -0.25) is 0 Å². The smallest absolute Gasteiger partial charge is 0.0347 e. The van der Waals surface area contributed by atoms with E-state index < -0.39 is 0 Å². The van der Waals surface area contributed by atoms with Crippen LogP contribution < -0.4 is 5.73 Å². The van der Waals surface area contributed by atoms with Crippen molar-refractivity contribution in [2.45, 2.75) is 12.5 Å². The van der Waals surface area contributed by atoms with Crippen LogP contribution in [0.2, 0.25) is 0 Å². The molecule has 1 nitrogen and oxygen atoms in total. The Kier molecular flexibility index (Phi) is 5.01. The number of nitrogens with two attached hydrogens (primary N) is 1. The fraction of sp³-hybridized carbons (Fsp3) is 0.143. The van der Waals surface area contributed by atoms with Gasteiger partial charge in [0.05, 0.1) is 0 Å². The number of hydrogen-bond donors (Lipinski definition) is 1. The van der Waals surface area contributed by atoms with Gasteiger partial charge in [-0.25, -0.2) is 0 Å². The van der Waals surface area contributed by atoms with E-state index in [-0.39, 0.29) is 6.04 Å². The molecule has 2 aromatic rings. The molecule has 0 aliphatic carbocycles. The number of benzene rings is 2. The average Bonchev–Trinajstić information content (AvgIpc) is 2.32. The van der Waals surface area contributed by atoms with Crippen molar-refractivity contribution in [1.29, 1.82) is 0 Å². The Bertz CT molecular complexity index is 554. The highest BCUT2D eigenvalue weighted by molar-refractivity contribution is 9.11. The maximum Gasteiger partial charge on any atom is 0.0347 e. The summed E-state index contributed by atoms with van der Waals surface area (Å²) in [6.45, 7) is 0. The average molecular weight is 434 g/mol. The Morgan fingerprint density at radius 1 is 0.944 bits per heavy atom. The van der Waals surface area contributed by atoms with E-state index in [4.69, 9.17) is 5.73 Å². The first-order chi connectivity index (χ1) is 8.58. The highest BCUT2D eigenvalue weighted by Crippen LogP contribution is 2.29. The van der Waals surface area contributed by atoms with Gasteiger partial charge in [-0.15, -0.1) is 0 Å². The summed E-state index contributed by atoms with van der Waals surface area (Å²) in [7, 11) is 0. The molecule has 0 heterocycles. The van der Waals surface area contributed by atoms with E-state index in [0.29, 0.717) is 0 Å². The van der Waals surface area contributed by atoms with Crippen molar-refractivity contribution < 1.29 is 0 Å². The topological polar surface area (TPSA) is 26.0 Å². The summed E-state index contributed by atoms with van der Waals surface area (Å²) in [4.78, 5) is 0. The summed E-state index contributed by atoms with van der Waals surface area (Å²) in [5, 5.41) is 0. The largest absolute Gasteiger partial charge is 0.324 e. The summed E-state index contributed by atoms with van der Waals surface area (Å²) >= 11 is 10.6. The second-order valence-corrected chi connectivity index (χ2v) is 6.69. The fourth-order valence-electron chi connectivity index (χ4n) is 1.81. The van der Waals surface area contributed by atoms with Gasteiger partial charge in [0.2, 0.25) is 0 Å². The second-order valence-electron chi connectivity index (χ2n) is 4.07. The zero-order valence-electron chi connectivity index (χ0n) is 9.54. The van der Waals surface area contributed by atoms with Gasteiger partial charge in [0.25, 0.3) is 0 Å². The van der Waals surface area contributed by atoms with Crippen LogP contribution in [0.25, 0.3) is 0 Å². The Hall–Kier alpha value is -0.160. The maximum atomic E-state index is 6.28. The van der Waals surface area contributed by atoms with E-state index in [2.05, 4.69) is 59.9 Å². The molecule has 2 N–H and O–H groups in total. The van der Waals surface area contributed by atoms with Crippen LogP contribution >= 0.6 is 47.8 Å². The lowest BCUT2D eigenvalue weighted by Crippen LogP contribution is -2.14. The highest BCUT2D eigenvalue weighted by Gasteiger charge is 2.12. The molecule has 18 heavy (non-hydrogen) atoms. The first-order valence-electron chi connectivity index (χ1n) is 5.52. The van der Waals surface area contributed by atoms with Gasteiger partial charge in [0, 0.05) is 19.5 Å². The lowest BCUT2D eigenvalue weighted by Gasteiger charge is -2.15. The molecule has 94 valence electrons. The minimum absolute atomic E-state index is 0.0221. The summed E-state index contributed by atoms with van der Waals surface area (Å²) in [5.41, 5.74) is 8.62. The van der Waals surface area contributed by atoms with E-state index in [1.807, 2.05) is 30.3 Å². The van der Waals surface area contributed by atoms with Crippen LogP contribution in [0.3, 0.4) is 0 Å². The third kappa shape index (κ3) is 3.44. The van der Waals surface area contributed by atoms with Crippen LogP contribution in [0.15, 0.2) is 55.9 Å². The van der Waals surface area contributed by atoms with Crippen molar-refractivity contribution in [3.8, 4) is 0 Å². The minimum Gasteiger partial charge on any atom is -0.324 e. The van der Waals surface area contributed by atoms with Crippen molar-refractivity contribution in [3.63, 3.8) is 0 Å². The highest BCUT2D eigenvalue weighted by atomic mass is 79.9. The number of halogens is 3. The Balaban J connectivity index is 2.22. The normalized spacial score (nSPS) is 12.4. The summed E-state index contributed by atoms with van der Waals surface area (Å²) < 4.78 is 3.19. The van der Waals surface area contributed by atoms with Gasteiger partial charge in [-0.1, -0.05) is 72.1 Å². The van der Waals surface area contributed by atoms with Gasteiger partial charge in [0.15, 0.2) is 0 Å². The predicted molar refractivity (Wildman–Crippen MR) is 86.6 cm³/mol. The Labute approximate surface area is 132 Å². The molecule has 4 heteroatoms. The van der Waals surface area contributed by atoms with E-state index in [1.54, 1.807) is 0 Å². The molecule has 0 spiro atoms. The minimum atomic E-state index is -0.0221. The van der Waals surface area contributed by atoms with Crippen molar-refractivity contribution in [3.05, 3.63) is 67.0 Å². The van der Waals surface area contributed by atoms with Crippen LogP contribution in [-0.4, -0.2) is 0 Å². The van der Waals surface area contributed by atoms with E-state index in [1.165, 1.54) is 5.56 Å². The van der Waals surface area contributed by atoms with Crippen molar-refractivity contribution in [1.82, 2.24) is 0 Å². The SMILES string of the molecule is NC(Cc1ccccc1Br)c1ccc(Br)cc1Br. The number of rotatable bonds is 3. The Morgan fingerprint density at radius 2 is 1.67 bits per heavy atom. The van der Waals surface area contributed by atoms with E-state index in [0.717, 1.165) is 25.4 Å². The van der Waals surface area contributed by atoms with Crippen molar-refractivity contribution >= 4 is 47.8 Å². The second kappa shape index (κ2) is 6.33. The zero-order chi connectivity index (χ0) is 13.1. The fourth-order valence-corrected chi connectivity index (χ4v) is 3.60. The molecule has 0 aliphatic heterocycles. The predicted octanol–water partition coefficient (Wildman–Crippen LogP) is 5.22. The molecule has 0 aliphatic rings. The molecular weight excluding hydrogens is 422 g/mol. The van der Waals surface area contributed by atoms with Gasteiger partial charge in [-0.2, -0.15) is 0 Å². The van der Waals surface area contributed by atoms with Crippen molar-refractivity contribution in [2.75, 3.05) is 0 Å². The Morgan fingerprint density at radius 3 is 2.33 bits per heavy atom. The van der Waals surface area contributed by atoms with Gasteiger partial charge < -0.3 is 5.73 Å². The number of hydrogen-bond acceptors (Lipinski definition) is 1. The third-order valence-corrected chi connectivity index (χ3v) is 4.71. The molecule has 1 atom stereocenters. The molecule has 0 fully saturated rings. The lowest BCUT2D eigenvalue weighted by atomic mass is 10.00.